The number of pyridine rings is 2. The number of hydrogen-bond donors (Lipinski definition) is 4. The van der Waals surface area contributed by atoms with E-state index in [1.165, 1.54) is 0 Å². The normalized spacial score (nSPS) is 10.2. The van der Waals surface area contributed by atoms with E-state index in [1.807, 2.05) is 36.0 Å². The van der Waals surface area contributed by atoms with E-state index in [1.54, 1.807) is 24.5 Å². The lowest BCUT2D eigenvalue weighted by molar-refractivity contribution is 0.241. The van der Waals surface area contributed by atoms with Crippen LogP contribution in [0.5, 0.6) is 0 Å². The van der Waals surface area contributed by atoms with Crippen LogP contribution in [0.15, 0.2) is 36.7 Å². The Morgan fingerprint density at radius 3 is 1.65 bits per heavy atom. The molecule has 0 aliphatic rings. The SMILES string of the molecule is CN(CCNC(=O)NCCN(C)c1ccc(N)cn1)c1ccc(N)cn1. The number of carbonyl (C=O) groups excluding carboxylic acids is 1. The number of nitrogen functional groups attached to an aromatic ring is 2. The molecule has 2 rings (SSSR count). The van der Waals surface area contributed by atoms with E-state index in [-0.39, 0.29) is 6.03 Å². The molecule has 0 aromatic carbocycles. The van der Waals surface area contributed by atoms with Crippen molar-refractivity contribution in [1.29, 1.82) is 0 Å². The van der Waals surface area contributed by atoms with E-state index >= 15 is 0 Å². The maximum Gasteiger partial charge on any atom is 0.314 e. The van der Waals surface area contributed by atoms with Crippen LogP contribution in [0.1, 0.15) is 0 Å². The summed E-state index contributed by atoms with van der Waals surface area (Å²) in [5.41, 5.74) is 12.5. The Kier molecular flexibility index (Phi) is 6.84. The fourth-order valence-electron chi connectivity index (χ4n) is 2.21. The second kappa shape index (κ2) is 9.30. The van der Waals surface area contributed by atoms with Crippen molar-refractivity contribution in [3.63, 3.8) is 0 Å². The first-order valence-electron chi connectivity index (χ1n) is 8.33. The third-order valence-corrected chi connectivity index (χ3v) is 3.79. The molecular formula is C17H26N8O. The summed E-state index contributed by atoms with van der Waals surface area (Å²) in [7, 11) is 3.82. The monoisotopic (exact) mass is 358 g/mol. The largest absolute Gasteiger partial charge is 0.397 e. The fourth-order valence-corrected chi connectivity index (χ4v) is 2.21. The molecular weight excluding hydrogens is 332 g/mol. The lowest BCUT2D eigenvalue weighted by atomic mass is 10.4. The number of nitrogens with one attached hydrogen (secondary N) is 2. The molecule has 26 heavy (non-hydrogen) atoms. The van der Waals surface area contributed by atoms with Gasteiger partial charge in [-0.2, -0.15) is 0 Å². The minimum Gasteiger partial charge on any atom is -0.397 e. The first kappa shape index (κ1) is 19.1. The first-order chi connectivity index (χ1) is 12.5. The Labute approximate surface area is 153 Å². The van der Waals surface area contributed by atoms with Crippen LogP contribution in [0.3, 0.4) is 0 Å². The number of anilines is 4. The molecule has 0 saturated heterocycles. The van der Waals surface area contributed by atoms with Crippen LogP contribution in [0.2, 0.25) is 0 Å². The Morgan fingerprint density at radius 2 is 1.31 bits per heavy atom. The molecule has 140 valence electrons. The highest BCUT2D eigenvalue weighted by molar-refractivity contribution is 5.73. The van der Waals surface area contributed by atoms with Gasteiger partial charge in [-0.15, -0.1) is 0 Å². The van der Waals surface area contributed by atoms with Gasteiger partial charge in [-0.25, -0.2) is 14.8 Å². The number of rotatable bonds is 8. The Morgan fingerprint density at radius 1 is 0.885 bits per heavy atom. The lowest BCUT2D eigenvalue weighted by Gasteiger charge is -2.20. The molecule has 0 saturated carbocycles. The summed E-state index contributed by atoms with van der Waals surface area (Å²) in [4.78, 5) is 24.2. The summed E-state index contributed by atoms with van der Waals surface area (Å²) in [6.45, 7) is 2.28. The zero-order valence-corrected chi connectivity index (χ0v) is 15.1. The van der Waals surface area contributed by atoms with Crippen molar-refractivity contribution in [3.05, 3.63) is 36.7 Å². The summed E-state index contributed by atoms with van der Waals surface area (Å²) < 4.78 is 0. The molecule has 0 fully saturated rings. The number of urea groups is 1. The second-order valence-electron chi connectivity index (χ2n) is 5.93. The highest BCUT2D eigenvalue weighted by atomic mass is 16.2. The van der Waals surface area contributed by atoms with Gasteiger partial charge in [0.2, 0.25) is 0 Å². The van der Waals surface area contributed by atoms with Crippen LogP contribution in [-0.2, 0) is 0 Å². The van der Waals surface area contributed by atoms with Gasteiger partial charge in [0.15, 0.2) is 0 Å². The first-order valence-corrected chi connectivity index (χ1v) is 8.33. The Bertz CT molecular complexity index is 629. The van der Waals surface area contributed by atoms with Gasteiger partial charge in [0, 0.05) is 40.3 Å². The van der Waals surface area contributed by atoms with E-state index in [2.05, 4.69) is 20.6 Å². The van der Waals surface area contributed by atoms with Crippen LogP contribution >= 0.6 is 0 Å². The maximum absolute atomic E-state index is 11.8. The minimum absolute atomic E-state index is 0.206. The number of carbonyl (C=O) groups is 1. The highest BCUT2D eigenvalue weighted by Gasteiger charge is 2.05. The lowest BCUT2D eigenvalue weighted by Crippen LogP contribution is -2.42. The van der Waals surface area contributed by atoms with Crippen molar-refractivity contribution >= 4 is 29.0 Å². The number of amides is 2. The third kappa shape index (κ3) is 6.00. The van der Waals surface area contributed by atoms with Crippen LogP contribution in [-0.4, -0.2) is 56.3 Å². The molecule has 0 bridgehead atoms. The van der Waals surface area contributed by atoms with Gasteiger partial charge in [-0.1, -0.05) is 0 Å². The van der Waals surface area contributed by atoms with Crippen LogP contribution < -0.4 is 31.9 Å². The van der Waals surface area contributed by atoms with Gasteiger partial charge in [0.05, 0.1) is 23.8 Å². The van der Waals surface area contributed by atoms with Gasteiger partial charge in [0.25, 0.3) is 0 Å². The summed E-state index contributed by atoms with van der Waals surface area (Å²) in [6.07, 6.45) is 3.22. The highest BCUT2D eigenvalue weighted by Crippen LogP contribution is 2.10. The molecule has 0 spiro atoms. The molecule has 9 nitrogen and oxygen atoms in total. The second-order valence-corrected chi connectivity index (χ2v) is 5.93. The molecule has 0 aliphatic heterocycles. The van der Waals surface area contributed by atoms with Crippen LogP contribution in [0.25, 0.3) is 0 Å². The number of likely N-dealkylation sites (N-methyl/N-ethyl adjacent to an activating group) is 2. The number of nitrogens with two attached hydrogens (primary N) is 2. The fraction of sp³-hybridized carbons (Fsp3) is 0.353. The van der Waals surface area contributed by atoms with Crippen LogP contribution in [0.4, 0.5) is 27.8 Å². The predicted octanol–water partition coefficient (Wildman–Crippen LogP) is 0.513. The Balaban J connectivity index is 1.62. The van der Waals surface area contributed by atoms with Gasteiger partial charge in [-0.05, 0) is 24.3 Å². The quantitative estimate of drug-likeness (QED) is 0.542. The van der Waals surface area contributed by atoms with Gasteiger partial charge in [0.1, 0.15) is 11.6 Å². The zero-order valence-electron chi connectivity index (χ0n) is 15.1. The summed E-state index contributed by atoms with van der Waals surface area (Å²) in [5.74, 6) is 1.61. The van der Waals surface area contributed by atoms with E-state index in [4.69, 9.17) is 11.5 Å². The molecule has 0 unspecified atom stereocenters. The van der Waals surface area contributed by atoms with Crippen molar-refractivity contribution in [2.75, 3.05) is 61.5 Å². The summed E-state index contributed by atoms with van der Waals surface area (Å²) in [6, 6.07) is 7.08. The standard InChI is InChI=1S/C17H26N8O/c1-24(15-5-3-13(18)11-22-15)9-7-20-17(26)21-8-10-25(2)16-6-4-14(19)12-23-16/h3-6,11-12H,7-10,18-19H2,1-2H3,(H2,20,21,26). The molecule has 2 aromatic rings. The van der Waals surface area contributed by atoms with E-state index in [0.717, 1.165) is 11.6 Å². The smallest absolute Gasteiger partial charge is 0.314 e. The molecule has 2 aromatic heterocycles. The maximum atomic E-state index is 11.8. The molecule has 0 radical (unpaired) electrons. The zero-order chi connectivity index (χ0) is 18.9. The van der Waals surface area contributed by atoms with Crippen molar-refractivity contribution in [2.45, 2.75) is 0 Å². The predicted molar refractivity (Wildman–Crippen MR) is 105 cm³/mol. The molecule has 0 atom stereocenters. The summed E-state index contributed by atoms with van der Waals surface area (Å²) in [5, 5.41) is 5.64. The van der Waals surface area contributed by atoms with Gasteiger partial charge >= 0.3 is 6.03 Å². The number of hydrogen-bond acceptors (Lipinski definition) is 7. The van der Waals surface area contributed by atoms with Crippen molar-refractivity contribution in [3.8, 4) is 0 Å². The van der Waals surface area contributed by atoms with Crippen molar-refractivity contribution in [1.82, 2.24) is 20.6 Å². The molecule has 2 heterocycles. The molecule has 9 heteroatoms. The summed E-state index contributed by atoms with van der Waals surface area (Å²) >= 11 is 0. The Hall–Kier alpha value is -3.23. The molecule has 2 amide bonds. The van der Waals surface area contributed by atoms with E-state index in [0.29, 0.717) is 37.6 Å². The van der Waals surface area contributed by atoms with E-state index in [9.17, 15) is 4.79 Å². The van der Waals surface area contributed by atoms with Gasteiger partial charge in [-0.3, -0.25) is 0 Å². The van der Waals surface area contributed by atoms with E-state index < -0.39 is 0 Å². The third-order valence-electron chi connectivity index (χ3n) is 3.79. The van der Waals surface area contributed by atoms with Gasteiger partial charge < -0.3 is 31.9 Å². The van der Waals surface area contributed by atoms with Crippen molar-refractivity contribution in [2.24, 2.45) is 0 Å². The number of aromatic nitrogens is 2. The molecule has 6 N–H and O–H groups in total. The van der Waals surface area contributed by atoms with Crippen molar-refractivity contribution < 1.29 is 4.79 Å². The number of nitrogens with zero attached hydrogens (tertiary/aromatic N) is 4. The average Bonchev–Trinajstić information content (AvgIpc) is 2.62. The minimum atomic E-state index is -0.206. The molecule has 0 aliphatic carbocycles. The average molecular weight is 358 g/mol. The van der Waals surface area contributed by atoms with Crippen LogP contribution in [0, 0.1) is 0 Å². The topological polar surface area (TPSA) is 125 Å².